The van der Waals surface area contributed by atoms with Gasteiger partial charge in [0.25, 0.3) is 0 Å². The first-order chi connectivity index (χ1) is 9.62. The van der Waals surface area contributed by atoms with E-state index in [1.165, 1.54) is 0 Å². The molecule has 112 valence electrons. The first kappa shape index (κ1) is 16.1. The number of amides is 1. The zero-order chi connectivity index (χ0) is 15.0. The average molecular weight is 281 g/mol. The van der Waals surface area contributed by atoms with E-state index in [4.69, 9.17) is 14.2 Å². The number of carbonyl (C=O) groups is 1. The minimum absolute atomic E-state index is 0.0552. The van der Waals surface area contributed by atoms with Crippen molar-refractivity contribution in [3.8, 4) is 11.5 Å². The van der Waals surface area contributed by atoms with Gasteiger partial charge in [0.1, 0.15) is 0 Å². The molecule has 1 aromatic carbocycles. The summed E-state index contributed by atoms with van der Waals surface area (Å²) in [7, 11) is 3.21. The summed E-state index contributed by atoms with van der Waals surface area (Å²) < 4.78 is 15.6. The van der Waals surface area contributed by atoms with Crippen LogP contribution in [-0.2, 0) is 11.2 Å². The van der Waals surface area contributed by atoms with Gasteiger partial charge in [-0.2, -0.15) is 0 Å². The van der Waals surface area contributed by atoms with Crippen molar-refractivity contribution in [2.24, 2.45) is 0 Å². The second-order valence-electron chi connectivity index (χ2n) is 4.54. The second-order valence-corrected chi connectivity index (χ2v) is 4.54. The van der Waals surface area contributed by atoms with E-state index in [1.807, 2.05) is 32.0 Å². The largest absolute Gasteiger partial charge is 0.493 e. The quantitative estimate of drug-likeness (QED) is 0.835. The highest BCUT2D eigenvalue weighted by Crippen LogP contribution is 2.31. The van der Waals surface area contributed by atoms with Gasteiger partial charge >= 0.3 is 6.09 Å². The number of rotatable bonds is 7. The summed E-state index contributed by atoms with van der Waals surface area (Å²) in [6.45, 7) is 4.31. The molecule has 0 aliphatic rings. The normalized spacial score (nSPS) is 11.6. The Hall–Kier alpha value is -1.91. The smallest absolute Gasteiger partial charge is 0.407 e. The first-order valence-corrected chi connectivity index (χ1v) is 6.75. The third kappa shape index (κ3) is 4.64. The Labute approximate surface area is 120 Å². The molecule has 1 rings (SSSR count). The lowest BCUT2D eigenvalue weighted by atomic mass is 10.1. The molecule has 5 heteroatoms. The molecule has 0 bridgehead atoms. The molecule has 20 heavy (non-hydrogen) atoms. The van der Waals surface area contributed by atoms with Crippen LogP contribution in [0.15, 0.2) is 18.2 Å². The minimum Gasteiger partial charge on any atom is -0.493 e. The van der Waals surface area contributed by atoms with Gasteiger partial charge in [0.05, 0.1) is 20.8 Å². The van der Waals surface area contributed by atoms with Crippen molar-refractivity contribution in [3.05, 3.63) is 23.8 Å². The molecule has 0 aromatic heterocycles. The van der Waals surface area contributed by atoms with Crippen molar-refractivity contribution in [1.82, 2.24) is 5.32 Å². The summed E-state index contributed by atoms with van der Waals surface area (Å²) >= 11 is 0. The topological polar surface area (TPSA) is 56.8 Å². The molecular formula is C15H23NO4. The fourth-order valence-corrected chi connectivity index (χ4v) is 1.93. The Balaban J connectivity index is 2.66. The number of hydrogen-bond acceptors (Lipinski definition) is 4. The van der Waals surface area contributed by atoms with E-state index in [1.54, 1.807) is 14.2 Å². The molecule has 0 fully saturated rings. The Morgan fingerprint density at radius 2 is 2.05 bits per heavy atom. The van der Waals surface area contributed by atoms with Crippen LogP contribution in [-0.4, -0.2) is 33.0 Å². The molecule has 0 aliphatic carbocycles. The molecule has 0 saturated carbocycles. The highest BCUT2D eigenvalue weighted by atomic mass is 16.5. The van der Waals surface area contributed by atoms with Gasteiger partial charge in [-0.1, -0.05) is 19.1 Å². The van der Waals surface area contributed by atoms with E-state index in [2.05, 4.69) is 5.32 Å². The van der Waals surface area contributed by atoms with E-state index in [-0.39, 0.29) is 12.1 Å². The van der Waals surface area contributed by atoms with Crippen LogP contribution in [0, 0.1) is 0 Å². The van der Waals surface area contributed by atoms with Crippen LogP contribution in [0.4, 0.5) is 4.79 Å². The maximum Gasteiger partial charge on any atom is 0.407 e. The number of ether oxygens (including phenoxy) is 3. The van der Waals surface area contributed by atoms with Crippen LogP contribution >= 0.6 is 0 Å². The standard InChI is InChI=1S/C15H23NO4/c1-5-9-20-15(17)16-11(2)10-12-7-6-8-13(18-3)14(12)19-4/h6-8,11H,5,9-10H2,1-4H3,(H,16,17). The van der Waals surface area contributed by atoms with E-state index in [0.717, 1.165) is 12.0 Å². The molecule has 1 N–H and O–H groups in total. The maximum atomic E-state index is 11.5. The predicted octanol–water partition coefficient (Wildman–Crippen LogP) is 2.77. The van der Waals surface area contributed by atoms with Gasteiger partial charge in [0, 0.05) is 11.6 Å². The van der Waals surface area contributed by atoms with Crippen molar-refractivity contribution in [1.29, 1.82) is 0 Å². The monoisotopic (exact) mass is 281 g/mol. The molecule has 0 spiro atoms. The molecule has 1 atom stereocenters. The Morgan fingerprint density at radius 3 is 2.65 bits per heavy atom. The second kappa shape index (κ2) is 8.30. The van der Waals surface area contributed by atoms with Crippen molar-refractivity contribution >= 4 is 6.09 Å². The number of benzene rings is 1. The lowest BCUT2D eigenvalue weighted by molar-refractivity contribution is 0.143. The average Bonchev–Trinajstić information content (AvgIpc) is 2.44. The summed E-state index contributed by atoms with van der Waals surface area (Å²) in [6, 6.07) is 5.64. The van der Waals surface area contributed by atoms with Crippen LogP contribution in [0.2, 0.25) is 0 Å². The van der Waals surface area contributed by atoms with Gasteiger partial charge in [0.15, 0.2) is 11.5 Å². The van der Waals surface area contributed by atoms with E-state index < -0.39 is 0 Å². The molecule has 0 aliphatic heterocycles. The van der Waals surface area contributed by atoms with Gasteiger partial charge in [-0.3, -0.25) is 0 Å². The summed E-state index contributed by atoms with van der Waals surface area (Å²) in [5.74, 6) is 1.39. The fourth-order valence-electron chi connectivity index (χ4n) is 1.93. The number of carbonyl (C=O) groups excluding carboxylic acids is 1. The summed E-state index contributed by atoms with van der Waals surface area (Å²) in [4.78, 5) is 11.5. The van der Waals surface area contributed by atoms with E-state index >= 15 is 0 Å². The Kier molecular flexibility index (Phi) is 6.70. The number of hydrogen-bond donors (Lipinski definition) is 1. The molecule has 5 nitrogen and oxygen atoms in total. The summed E-state index contributed by atoms with van der Waals surface area (Å²) in [6.07, 6.45) is 1.06. The molecule has 0 heterocycles. The third-order valence-electron chi connectivity index (χ3n) is 2.81. The molecule has 1 unspecified atom stereocenters. The number of para-hydroxylation sites is 1. The van der Waals surface area contributed by atoms with Gasteiger partial charge in [-0.05, 0) is 25.8 Å². The van der Waals surface area contributed by atoms with Crippen molar-refractivity contribution in [3.63, 3.8) is 0 Å². The highest BCUT2D eigenvalue weighted by molar-refractivity contribution is 5.67. The summed E-state index contributed by atoms with van der Waals surface area (Å²) in [5.41, 5.74) is 0.982. The highest BCUT2D eigenvalue weighted by Gasteiger charge is 2.14. The third-order valence-corrected chi connectivity index (χ3v) is 2.81. The lowest BCUT2D eigenvalue weighted by Crippen LogP contribution is -2.34. The molecule has 1 aromatic rings. The van der Waals surface area contributed by atoms with Crippen LogP contribution < -0.4 is 14.8 Å². The zero-order valence-electron chi connectivity index (χ0n) is 12.6. The lowest BCUT2D eigenvalue weighted by Gasteiger charge is -2.17. The van der Waals surface area contributed by atoms with Gasteiger partial charge < -0.3 is 19.5 Å². The SMILES string of the molecule is CCCOC(=O)NC(C)Cc1cccc(OC)c1OC. The van der Waals surface area contributed by atoms with Crippen LogP contribution in [0.1, 0.15) is 25.8 Å². The Morgan fingerprint density at radius 1 is 1.30 bits per heavy atom. The van der Waals surface area contributed by atoms with Gasteiger partial charge in [-0.15, -0.1) is 0 Å². The van der Waals surface area contributed by atoms with Crippen LogP contribution in [0.5, 0.6) is 11.5 Å². The van der Waals surface area contributed by atoms with E-state index in [0.29, 0.717) is 24.5 Å². The van der Waals surface area contributed by atoms with Crippen LogP contribution in [0.25, 0.3) is 0 Å². The number of methoxy groups -OCH3 is 2. The van der Waals surface area contributed by atoms with Crippen LogP contribution in [0.3, 0.4) is 0 Å². The number of nitrogens with one attached hydrogen (secondary N) is 1. The van der Waals surface area contributed by atoms with E-state index in [9.17, 15) is 4.79 Å². The molecule has 0 saturated heterocycles. The Bertz CT molecular complexity index is 434. The van der Waals surface area contributed by atoms with Crippen molar-refractivity contribution in [2.75, 3.05) is 20.8 Å². The first-order valence-electron chi connectivity index (χ1n) is 6.75. The maximum absolute atomic E-state index is 11.5. The summed E-state index contributed by atoms with van der Waals surface area (Å²) in [5, 5.41) is 2.79. The predicted molar refractivity (Wildman–Crippen MR) is 77.5 cm³/mol. The zero-order valence-corrected chi connectivity index (χ0v) is 12.6. The van der Waals surface area contributed by atoms with Gasteiger partial charge in [0.2, 0.25) is 0 Å². The fraction of sp³-hybridized carbons (Fsp3) is 0.533. The minimum atomic E-state index is -0.388. The van der Waals surface area contributed by atoms with Gasteiger partial charge in [-0.25, -0.2) is 4.79 Å². The molecular weight excluding hydrogens is 258 g/mol. The van der Waals surface area contributed by atoms with Crippen molar-refractivity contribution in [2.45, 2.75) is 32.7 Å². The van der Waals surface area contributed by atoms with Crippen molar-refractivity contribution < 1.29 is 19.0 Å². The molecule has 1 amide bonds. The molecule has 0 radical (unpaired) electrons. The number of alkyl carbamates (subject to hydrolysis) is 1.